The fraction of sp³-hybridized carbons (Fsp3) is 0.684. The van der Waals surface area contributed by atoms with Crippen molar-refractivity contribution in [1.29, 1.82) is 0 Å². The largest absolute Gasteiger partial charge is 0.497 e. The van der Waals surface area contributed by atoms with Gasteiger partial charge in [0.15, 0.2) is 0 Å². The van der Waals surface area contributed by atoms with Gasteiger partial charge in [0.25, 0.3) is 10.2 Å². The minimum Gasteiger partial charge on any atom is -0.497 e. The van der Waals surface area contributed by atoms with Crippen LogP contribution in [0.15, 0.2) is 24.3 Å². The lowest BCUT2D eigenvalue weighted by Gasteiger charge is -2.32. The summed E-state index contributed by atoms with van der Waals surface area (Å²) in [5.41, 5.74) is 1.10. The molecule has 0 spiro atoms. The number of nitrogens with zero attached hydrogens (tertiary/aromatic N) is 2. The van der Waals surface area contributed by atoms with E-state index in [1.807, 2.05) is 18.2 Å². The second-order valence-electron chi connectivity index (χ2n) is 7.47. The molecule has 1 unspecified atom stereocenters. The van der Waals surface area contributed by atoms with E-state index in [0.29, 0.717) is 25.6 Å². The molecule has 0 radical (unpaired) electrons. The van der Waals surface area contributed by atoms with Crippen LogP contribution < -0.4 is 9.46 Å². The number of nitrogens with one attached hydrogen (secondary N) is 1. The van der Waals surface area contributed by atoms with Crippen LogP contribution in [0.5, 0.6) is 5.75 Å². The predicted molar refractivity (Wildman–Crippen MR) is 103 cm³/mol. The van der Waals surface area contributed by atoms with Crippen LogP contribution in [0.3, 0.4) is 0 Å². The van der Waals surface area contributed by atoms with Gasteiger partial charge in [-0.2, -0.15) is 12.7 Å². The highest BCUT2D eigenvalue weighted by atomic mass is 32.2. The Morgan fingerprint density at radius 3 is 2.54 bits per heavy atom. The lowest BCUT2D eigenvalue weighted by atomic mass is 10.0. The molecule has 3 rings (SSSR count). The summed E-state index contributed by atoms with van der Waals surface area (Å²) in [5.74, 6) is 1.41. The molecule has 1 aromatic carbocycles. The zero-order valence-electron chi connectivity index (χ0n) is 15.9. The van der Waals surface area contributed by atoms with E-state index < -0.39 is 10.2 Å². The van der Waals surface area contributed by atoms with Gasteiger partial charge in [0, 0.05) is 25.7 Å². The first-order valence-corrected chi connectivity index (χ1v) is 11.1. The maximum Gasteiger partial charge on any atom is 0.279 e. The van der Waals surface area contributed by atoms with Crippen molar-refractivity contribution in [2.75, 3.05) is 39.8 Å². The average molecular weight is 382 g/mol. The van der Waals surface area contributed by atoms with Gasteiger partial charge < -0.3 is 4.74 Å². The Bertz CT molecular complexity index is 681. The molecule has 1 atom stereocenters. The Labute approximate surface area is 157 Å². The quantitative estimate of drug-likeness (QED) is 0.788. The standard InChI is InChI=1S/C19H31N3O3S/c1-16-8-12-22(13-9-16)26(23,24)20-15-19(21-10-3-4-11-21)17-6-5-7-18(14-17)25-2/h5-7,14,16,19-20H,3-4,8-13,15H2,1-2H3. The van der Waals surface area contributed by atoms with Gasteiger partial charge in [-0.3, -0.25) is 4.90 Å². The molecule has 1 aromatic rings. The first-order chi connectivity index (χ1) is 12.5. The molecule has 0 saturated carbocycles. The number of hydrogen-bond donors (Lipinski definition) is 1. The molecule has 26 heavy (non-hydrogen) atoms. The van der Waals surface area contributed by atoms with Crippen LogP contribution in [0.25, 0.3) is 0 Å². The average Bonchev–Trinajstić information content (AvgIpc) is 3.17. The smallest absolute Gasteiger partial charge is 0.279 e. The third-order valence-corrected chi connectivity index (χ3v) is 7.18. The van der Waals surface area contributed by atoms with E-state index in [-0.39, 0.29) is 6.04 Å². The van der Waals surface area contributed by atoms with Crippen LogP contribution in [0, 0.1) is 5.92 Å². The fourth-order valence-corrected chi connectivity index (χ4v) is 5.10. The number of rotatable bonds is 7. The van der Waals surface area contributed by atoms with Crippen LogP contribution in [0.1, 0.15) is 44.2 Å². The second-order valence-corrected chi connectivity index (χ2v) is 9.23. The maximum atomic E-state index is 12.7. The minimum absolute atomic E-state index is 0.0334. The molecule has 6 nitrogen and oxygen atoms in total. The molecular formula is C19H31N3O3S. The first-order valence-electron chi connectivity index (χ1n) is 9.62. The number of piperidine rings is 1. The van der Waals surface area contributed by atoms with Gasteiger partial charge in [0.2, 0.25) is 0 Å². The van der Waals surface area contributed by atoms with Gasteiger partial charge >= 0.3 is 0 Å². The van der Waals surface area contributed by atoms with Gasteiger partial charge in [0.1, 0.15) is 5.75 Å². The van der Waals surface area contributed by atoms with Crippen molar-refractivity contribution in [3.63, 3.8) is 0 Å². The van der Waals surface area contributed by atoms with Crippen LogP contribution in [0.4, 0.5) is 0 Å². The van der Waals surface area contributed by atoms with E-state index in [0.717, 1.165) is 50.1 Å². The van der Waals surface area contributed by atoms with Crippen molar-refractivity contribution in [1.82, 2.24) is 13.9 Å². The topological polar surface area (TPSA) is 61.9 Å². The molecule has 1 N–H and O–H groups in total. The Hall–Kier alpha value is -1.15. The van der Waals surface area contributed by atoms with Gasteiger partial charge in [-0.15, -0.1) is 0 Å². The van der Waals surface area contributed by atoms with E-state index in [1.54, 1.807) is 11.4 Å². The SMILES string of the molecule is COc1cccc(C(CNS(=O)(=O)N2CCC(C)CC2)N2CCCC2)c1. The highest BCUT2D eigenvalue weighted by Gasteiger charge is 2.29. The van der Waals surface area contributed by atoms with E-state index in [2.05, 4.69) is 22.6 Å². The summed E-state index contributed by atoms with van der Waals surface area (Å²) in [6, 6.07) is 8.00. The van der Waals surface area contributed by atoms with Crippen molar-refractivity contribution in [3.8, 4) is 5.75 Å². The minimum atomic E-state index is -3.43. The monoisotopic (exact) mass is 381 g/mol. The third-order valence-electron chi connectivity index (χ3n) is 5.60. The first kappa shape index (κ1) is 19.6. The Kier molecular flexibility index (Phi) is 6.55. The van der Waals surface area contributed by atoms with Gasteiger partial charge in [0.05, 0.1) is 7.11 Å². The van der Waals surface area contributed by atoms with E-state index in [9.17, 15) is 8.42 Å². The van der Waals surface area contributed by atoms with Crippen molar-refractivity contribution in [3.05, 3.63) is 29.8 Å². The van der Waals surface area contributed by atoms with Crippen molar-refractivity contribution in [2.24, 2.45) is 5.92 Å². The Balaban J connectivity index is 1.71. The molecule has 0 amide bonds. The summed E-state index contributed by atoms with van der Waals surface area (Å²) < 4.78 is 35.3. The highest BCUT2D eigenvalue weighted by molar-refractivity contribution is 7.87. The third kappa shape index (κ3) is 4.76. The summed E-state index contributed by atoms with van der Waals surface area (Å²) in [6.45, 7) is 5.81. The molecular weight excluding hydrogens is 350 g/mol. The van der Waals surface area contributed by atoms with Crippen molar-refractivity contribution in [2.45, 2.75) is 38.6 Å². The molecule has 0 aromatic heterocycles. The molecule has 2 aliphatic heterocycles. The number of likely N-dealkylation sites (tertiary alicyclic amines) is 1. The molecule has 0 aliphatic carbocycles. The lowest BCUT2D eigenvalue weighted by Crippen LogP contribution is -2.47. The predicted octanol–water partition coefficient (Wildman–Crippen LogP) is 2.40. The van der Waals surface area contributed by atoms with E-state index >= 15 is 0 Å². The lowest BCUT2D eigenvalue weighted by molar-refractivity contribution is 0.242. The van der Waals surface area contributed by atoms with Gasteiger partial charge in [-0.25, -0.2) is 4.72 Å². The van der Waals surface area contributed by atoms with Gasteiger partial charge in [-0.1, -0.05) is 19.1 Å². The van der Waals surface area contributed by atoms with Crippen molar-refractivity contribution >= 4 is 10.2 Å². The number of benzene rings is 1. The Morgan fingerprint density at radius 2 is 1.88 bits per heavy atom. The summed E-state index contributed by atoms with van der Waals surface area (Å²) in [7, 11) is -1.77. The number of methoxy groups -OCH3 is 1. The molecule has 2 saturated heterocycles. The molecule has 2 heterocycles. The van der Waals surface area contributed by atoms with E-state index in [4.69, 9.17) is 4.74 Å². The summed E-state index contributed by atoms with van der Waals surface area (Å²) in [5, 5.41) is 0. The van der Waals surface area contributed by atoms with Crippen LogP contribution >= 0.6 is 0 Å². The summed E-state index contributed by atoms with van der Waals surface area (Å²) in [4.78, 5) is 2.37. The number of ether oxygens (including phenoxy) is 1. The Morgan fingerprint density at radius 1 is 1.19 bits per heavy atom. The zero-order chi connectivity index (χ0) is 18.6. The molecule has 2 aliphatic rings. The summed E-state index contributed by atoms with van der Waals surface area (Å²) in [6.07, 6.45) is 4.20. The molecule has 146 valence electrons. The number of hydrogen-bond acceptors (Lipinski definition) is 4. The second kappa shape index (κ2) is 8.69. The van der Waals surface area contributed by atoms with Crippen molar-refractivity contribution < 1.29 is 13.2 Å². The molecule has 2 fully saturated rings. The molecule has 0 bridgehead atoms. The molecule has 7 heteroatoms. The van der Waals surface area contributed by atoms with Crippen LogP contribution in [0.2, 0.25) is 0 Å². The van der Waals surface area contributed by atoms with Crippen LogP contribution in [-0.2, 0) is 10.2 Å². The van der Waals surface area contributed by atoms with Crippen LogP contribution in [-0.4, -0.2) is 57.5 Å². The van der Waals surface area contributed by atoms with E-state index in [1.165, 1.54) is 0 Å². The normalized spacial score (nSPS) is 21.8. The zero-order valence-corrected chi connectivity index (χ0v) is 16.7. The van der Waals surface area contributed by atoms with Gasteiger partial charge in [-0.05, 0) is 62.4 Å². The maximum absolute atomic E-state index is 12.7. The fourth-order valence-electron chi connectivity index (χ4n) is 3.86. The highest BCUT2D eigenvalue weighted by Crippen LogP contribution is 2.27. The summed E-state index contributed by atoms with van der Waals surface area (Å²) >= 11 is 0.